The maximum Gasteiger partial charge on any atom is 0.472 e. The predicted octanol–water partition coefficient (Wildman–Crippen LogP) is -3.48. The summed E-state index contributed by atoms with van der Waals surface area (Å²) < 4.78 is 46.1. The Labute approximate surface area is 277 Å². The highest BCUT2D eigenvalue weighted by molar-refractivity contribution is 7.47. The second-order valence-corrected chi connectivity index (χ2v) is 12.3. The van der Waals surface area contributed by atoms with Crippen molar-refractivity contribution in [2.75, 3.05) is 52.8 Å². The van der Waals surface area contributed by atoms with Crippen molar-refractivity contribution >= 4 is 43.4 Å². The Hall–Kier alpha value is -4.18. The van der Waals surface area contributed by atoms with Crippen molar-refractivity contribution < 1.29 is 66.3 Å². The van der Waals surface area contributed by atoms with Gasteiger partial charge in [-0.2, -0.15) is 0 Å². The van der Waals surface area contributed by atoms with Gasteiger partial charge in [0.25, 0.3) is 11.8 Å². The van der Waals surface area contributed by atoms with Gasteiger partial charge in [0.05, 0.1) is 39.4 Å². The van der Waals surface area contributed by atoms with Gasteiger partial charge in [-0.05, 0) is 6.42 Å². The zero-order valence-corrected chi connectivity index (χ0v) is 27.0. The van der Waals surface area contributed by atoms with Crippen LogP contribution in [-0.2, 0) is 56.6 Å². The average Bonchev–Trinajstić information content (AvgIpc) is 3.73. The Morgan fingerprint density at radius 1 is 1.08 bits per heavy atom. The molecule has 4 aliphatic heterocycles. The van der Waals surface area contributed by atoms with E-state index in [4.69, 9.17) is 38.6 Å². The van der Waals surface area contributed by atoms with E-state index in [2.05, 4.69) is 25.9 Å². The molecule has 0 saturated carbocycles. The number of fused-ring (bicyclic) bond motifs is 2. The van der Waals surface area contributed by atoms with Crippen molar-refractivity contribution in [2.45, 2.75) is 56.6 Å². The van der Waals surface area contributed by atoms with E-state index in [0.29, 0.717) is 21.7 Å². The van der Waals surface area contributed by atoms with E-state index < -0.39 is 56.2 Å². The monoisotopic (exact) mass is 716 g/mol. The number of ether oxygens (including phenoxy) is 4. The molecule has 5 unspecified atom stereocenters. The van der Waals surface area contributed by atoms with E-state index in [9.17, 15) is 33.4 Å². The number of hydrogen-bond acceptors (Lipinski definition) is 17. The van der Waals surface area contributed by atoms with Crippen molar-refractivity contribution in [2.24, 2.45) is 10.7 Å². The molecule has 4 amide bonds. The van der Waals surface area contributed by atoms with Gasteiger partial charge in [-0.15, -0.1) is 5.06 Å². The fourth-order valence-corrected chi connectivity index (χ4v) is 6.06. The summed E-state index contributed by atoms with van der Waals surface area (Å²) in [6.07, 6.45) is -3.49. The molecule has 0 radical (unpaired) electrons. The van der Waals surface area contributed by atoms with Crippen molar-refractivity contribution in [3.8, 4) is 0 Å². The number of alkyl carbamates (subject to hydrolysis) is 1. The molecule has 0 spiro atoms. The zero-order chi connectivity index (χ0) is 35.0. The van der Waals surface area contributed by atoms with Crippen LogP contribution in [0.3, 0.4) is 0 Å². The molecule has 5 heterocycles. The van der Waals surface area contributed by atoms with Crippen molar-refractivity contribution in [3.63, 3.8) is 0 Å². The van der Waals surface area contributed by atoms with E-state index in [1.807, 2.05) is 0 Å². The second kappa shape index (κ2) is 16.5. The van der Waals surface area contributed by atoms with Crippen LogP contribution in [0.4, 0.5) is 4.79 Å². The number of carbonyl (C=O) groups excluding carboxylic acids is 5. The molecular weight excluding hydrogens is 679 g/mol. The minimum absolute atomic E-state index is 0.00442. The number of nitrogens with two attached hydrogens (primary N) is 1. The molecule has 3 saturated heterocycles. The standard InChI is InChI=1S/C26H37N8O14P/c27-23-20-24(31-13-30-23)33(14-32-20)25-22(21-15(45-25)12-44-49(40,41)48-21)46-26(39)29-7-9-43-11-10-42-8-6-28-16(35)2-1-3-19(38)47-34-17(36)4-5-18(34)37/h14-15,21-22,25,30H,1-13,27H2,(H,28,35)(H,29,39)(H,40,41). The first kappa shape index (κ1) is 36.1. The molecule has 1 aromatic heterocycles. The lowest BCUT2D eigenvalue weighted by molar-refractivity contribution is -0.197. The number of nitrogens with one attached hydrogen (secondary N) is 3. The summed E-state index contributed by atoms with van der Waals surface area (Å²) in [6.45, 7) is 0.923. The van der Waals surface area contributed by atoms with Gasteiger partial charge in [-0.25, -0.2) is 24.1 Å². The van der Waals surface area contributed by atoms with Crippen LogP contribution in [0.15, 0.2) is 11.3 Å². The first-order chi connectivity index (χ1) is 23.5. The number of nitrogens with zero attached hydrogens (tertiary/aromatic N) is 4. The number of phosphoric ester groups is 1. The Morgan fingerprint density at radius 3 is 2.53 bits per heavy atom. The third-order valence-corrected chi connectivity index (χ3v) is 8.41. The topological polar surface area (TPSA) is 283 Å². The van der Waals surface area contributed by atoms with Crippen LogP contribution in [-0.4, -0.2) is 120 Å². The Balaban J connectivity index is 0.940. The predicted molar refractivity (Wildman–Crippen MR) is 157 cm³/mol. The Bertz CT molecular complexity index is 1570. The van der Waals surface area contributed by atoms with Crippen LogP contribution in [0.25, 0.3) is 5.82 Å². The molecule has 23 heteroatoms. The molecule has 1 aromatic rings. The molecule has 0 bridgehead atoms. The van der Waals surface area contributed by atoms with Gasteiger partial charge in [0.15, 0.2) is 17.8 Å². The highest BCUT2D eigenvalue weighted by Crippen LogP contribution is 2.52. The first-order valence-corrected chi connectivity index (χ1v) is 16.9. The third-order valence-electron chi connectivity index (χ3n) is 7.42. The lowest BCUT2D eigenvalue weighted by atomic mass is 10.1. The molecule has 5 rings (SSSR count). The number of amides is 4. The summed E-state index contributed by atoms with van der Waals surface area (Å²) >= 11 is 0. The van der Waals surface area contributed by atoms with Gasteiger partial charge >= 0.3 is 19.9 Å². The van der Waals surface area contributed by atoms with Crippen LogP contribution >= 0.6 is 7.82 Å². The lowest BCUT2D eigenvalue weighted by Gasteiger charge is -2.29. The van der Waals surface area contributed by atoms with Crippen LogP contribution in [0.5, 0.6) is 0 Å². The number of hydrogen-bond donors (Lipinski definition) is 5. The van der Waals surface area contributed by atoms with E-state index >= 15 is 0 Å². The van der Waals surface area contributed by atoms with E-state index in [1.54, 1.807) is 0 Å². The second-order valence-electron chi connectivity index (χ2n) is 10.9. The number of hydroxylamine groups is 2. The molecular formula is C26H37N8O14P. The number of carbonyl (C=O) groups is 5. The van der Waals surface area contributed by atoms with Crippen LogP contribution in [0, 0.1) is 0 Å². The van der Waals surface area contributed by atoms with Crippen molar-refractivity contribution in [3.05, 3.63) is 17.2 Å². The number of aromatic nitrogens is 2. The molecule has 22 nitrogen and oxygen atoms in total. The molecule has 3 fully saturated rings. The van der Waals surface area contributed by atoms with Crippen LogP contribution in [0.2, 0.25) is 0 Å². The minimum Gasteiger partial charge on any atom is -0.438 e. The summed E-state index contributed by atoms with van der Waals surface area (Å²) in [6, 6.07) is 0. The molecule has 270 valence electrons. The minimum atomic E-state index is -4.40. The van der Waals surface area contributed by atoms with E-state index in [-0.39, 0.29) is 90.8 Å². The summed E-state index contributed by atoms with van der Waals surface area (Å²) in [7, 11) is -4.40. The van der Waals surface area contributed by atoms with Gasteiger partial charge in [0.1, 0.15) is 30.0 Å². The number of rotatable bonds is 16. The highest BCUT2D eigenvalue weighted by atomic mass is 31.2. The van der Waals surface area contributed by atoms with Crippen LogP contribution in [0.1, 0.15) is 38.3 Å². The van der Waals surface area contributed by atoms with E-state index in [1.165, 1.54) is 10.9 Å². The smallest absolute Gasteiger partial charge is 0.438 e. The number of imidazole rings is 1. The summed E-state index contributed by atoms with van der Waals surface area (Å²) in [4.78, 5) is 82.5. The van der Waals surface area contributed by atoms with Crippen LogP contribution < -0.4 is 32.5 Å². The summed E-state index contributed by atoms with van der Waals surface area (Å²) in [5.41, 5.74) is 6.33. The molecule has 4 aliphatic rings. The highest BCUT2D eigenvalue weighted by Gasteiger charge is 2.55. The fourth-order valence-electron chi connectivity index (χ4n) is 5.10. The van der Waals surface area contributed by atoms with Crippen molar-refractivity contribution in [1.29, 1.82) is 0 Å². The molecule has 0 aromatic carbocycles. The van der Waals surface area contributed by atoms with Gasteiger partial charge in [0.2, 0.25) is 5.91 Å². The van der Waals surface area contributed by atoms with Crippen molar-refractivity contribution in [1.82, 2.24) is 30.6 Å². The summed E-state index contributed by atoms with van der Waals surface area (Å²) in [5.74, 6) is -1.91. The first-order valence-electron chi connectivity index (χ1n) is 15.4. The van der Waals surface area contributed by atoms with Gasteiger partial charge in [0, 0.05) is 38.8 Å². The fraction of sp³-hybridized carbons (Fsp3) is 0.654. The maximum absolute atomic E-state index is 12.7. The normalized spacial score (nSPS) is 26.0. The zero-order valence-electron chi connectivity index (χ0n) is 26.1. The molecule has 5 atom stereocenters. The van der Waals surface area contributed by atoms with Gasteiger partial charge in [-0.1, -0.05) is 0 Å². The maximum atomic E-state index is 12.7. The van der Waals surface area contributed by atoms with Gasteiger partial charge in [-0.3, -0.25) is 28.0 Å². The molecule has 0 aliphatic carbocycles. The Kier molecular flexibility index (Phi) is 12.1. The van der Waals surface area contributed by atoms with E-state index in [0.717, 1.165) is 0 Å². The lowest BCUT2D eigenvalue weighted by Crippen LogP contribution is -2.47. The summed E-state index contributed by atoms with van der Waals surface area (Å²) in [5, 5.41) is 8.87. The average molecular weight is 717 g/mol. The number of imide groups is 1. The van der Waals surface area contributed by atoms with Gasteiger partial charge < -0.3 is 50.4 Å². The molecule has 6 N–H and O–H groups in total. The third kappa shape index (κ3) is 9.50. The SMILES string of the molecule is NC1=c2ncn(C3OC4COP(=O)(O)OC4C3OC(=O)NCCOCCOCCNC(=O)CCCC(=O)ON3C(=O)CCC3=O)c2=NCN1. The molecule has 49 heavy (non-hydrogen) atoms. The number of phosphoric acid groups is 1. The Morgan fingerprint density at radius 2 is 1.80 bits per heavy atom. The largest absolute Gasteiger partial charge is 0.472 e. The quantitative estimate of drug-likeness (QED) is 0.0631.